The van der Waals surface area contributed by atoms with Gasteiger partial charge in [-0.25, -0.2) is 0 Å². The Morgan fingerprint density at radius 3 is 3.17 bits per heavy atom. The van der Waals surface area contributed by atoms with Crippen molar-refractivity contribution in [1.29, 1.82) is 0 Å². The molecule has 65 valence electrons. The lowest BCUT2D eigenvalue weighted by molar-refractivity contribution is 0.0226. The molecule has 1 unspecified atom stereocenters. The minimum Gasteiger partial charge on any atom is -0.410 e. The van der Waals surface area contributed by atoms with E-state index in [2.05, 4.69) is 11.2 Å². The molecule has 12 heavy (non-hydrogen) atoms. The maximum atomic E-state index is 8.29. The van der Waals surface area contributed by atoms with E-state index in [4.69, 9.17) is 21.5 Å². The minimum atomic E-state index is -1.21. The van der Waals surface area contributed by atoms with Gasteiger partial charge >= 0.3 is 0 Å². The van der Waals surface area contributed by atoms with Crippen LogP contribution in [-0.4, -0.2) is 28.7 Å². The van der Waals surface area contributed by atoms with Crippen LogP contribution in [0.25, 0.3) is 0 Å². The van der Waals surface area contributed by atoms with Gasteiger partial charge in [0.15, 0.2) is 0 Å². The van der Waals surface area contributed by atoms with Crippen LogP contribution in [-0.2, 0) is 4.74 Å². The van der Waals surface area contributed by atoms with Crippen molar-refractivity contribution in [3.8, 4) is 0 Å². The maximum Gasteiger partial charge on any atom is 0.251 e. The molecule has 0 amide bonds. The molecule has 1 aliphatic heterocycles. The van der Waals surface area contributed by atoms with E-state index >= 15 is 0 Å². The molecule has 1 N–H and O–H groups in total. The van der Waals surface area contributed by atoms with Gasteiger partial charge in [0.1, 0.15) is 6.34 Å². The summed E-state index contributed by atoms with van der Waals surface area (Å²) in [5, 5.41) is 9.91. The van der Waals surface area contributed by atoms with Crippen LogP contribution in [0.2, 0.25) is 0 Å². The van der Waals surface area contributed by atoms with Gasteiger partial charge < -0.3 is 9.94 Å². The van der Waals surface area contributed by atoms with Crippen molar-refractivity contribution >= 4 is 17.9 Å². The van der Waals surface area contributed by atoms with Crippen LogP contribution < -0.4 is 0 Å². The normalized spacial score (nSPS) is 28.7. The Morgan fingerprint density at radius 1 is 1.83 bits per heavy atom. The van der Waals surface area contributed by atoms with Crippen molar-refractivity contribution in [2.24, 2.45) is 5.16 Å². The number of ether oxygens (including phenoxy) is 1. The van der Waals surface area contributed by atoms with Gasteiger partial charge in [0.25, 0.3) is 5.18 Å². The summed E-state index contributed by atoms with van der Waals surface area (Å²) in [6.07, 6.45) is 8.79. The Bertz CT molecular complexity index is 240. The summed E-state index contributed by atoms with van der Waals surface area (Å²) in [4.78, 5) is 1.37. The van der Waals surface area contributed by atoms with Crippen molar-refractivity contribution in [3.63, 3.8) is 0 Å². The topological polar surface area (TPSA) is 45.1 Å². The molecule has 1 rings (SSSR count). The molecule has 1 heterocycles. The van der Waals surface area contributed by atoms with Crippen LogP contribution in [0.4, 0.5) is 0 Å². The van der Waals surface area contributed by atoms with Crippen molar-refractivity contribution < 1.29 is 9.94 Å². The van der Waals surface area contributed by atoms with E-state index < -0.39 is 5.18 Å². The van der Waals surface area contributed by atoms with E-state index in [0.29, 0.717) is 0 Å². The smallest absolute Gasteiger partial charge is 0.251 e. The highest BCUT2D eigenvalue weighted by molar-refractivity contribution is 6.24. The first kappa shape index (κ1) is 9.09. The van der Waals surface area contributed by atoms with E-state index in [0.717, 1.165) is 6.34 Å². The molecule has 0 spiro atoms. The van der Waals surface area contributed by atoms with Crippen LogP contribution >= 0.6 is 11.6 Å². The van der Waals surface area contributed by atoms with E-state index in [9.17, 15) is 0 Å². The zero-order valence-electron chi connectivity index (χ0n) is 6.44. The molecule has 5 heteroatoms. The Morgan fingerprint density at radius 2 is 2.58 bits per heavy atom. The highest BCUT2D eigenvalue weighted by atomic mass is 35.5. The fourth-order valence-electron chi connectivity index (χ4n) is 0.790. The minimum absolute atomic E-state index is 1.13. The van der Waals surface area contributed by atoms with Crippen LogP contribution in [0.15, 0.2) is 23.5 Å². The molecule has 0 aliphatic carbocycles. The molecule has 0 aromatic carbocycles. The van der Waals surface area contributed by atoms with Crippen molar-refractivity contribution in [3.05, 3.63) is 24.4 Å². The molecule has 1 aliphatic rings. The van der Waals surface area contributed by atoms with E-state index in [1.54, 1.807) is 18.4 Å². The zero-order chi connectivity index (χ0) is 9.03. The molecule has 0 fully saturated rings. The zero-order valence-corrected chi connectivity index (χ0v) is 7.19. The highest BCUT2D eigenvalue weighted by Crippen LogP contribution is 2.24. The van der Waals surface area contributed by atoms with E-state index in [1.807, 2.05) is 0 Å². The Balaban J connectivity index is 2.84. The second-order valence-electron chi connectivity index (χ2n) is 2.06. The number of oxime groups is 1. The standard InChI is InChI=1S/C7H8ClN2O2/c1-12-7(8)4-2-3-5-10(7)6-9-11/h2-3,5-6,11H,1H3. The summed E-state index contributed by atoms with van der Waals surface area (Å²) in [6.45, 7) is 0. The molecular formula is C7H8ClN2O2. The van der Waals surface area contributed by atoms with Crippen molar-refractivity contribution in [2.75, 3.05) is 7.11 Å². The maximum absolute atomic E-state index is 8.29. The molecule has 1 atom stereocenters. The Labute approximate surface area is 75.4 Å². The lowest BCUT2D eigenvalue weighted by atomic mass is 10.3. The molecule has 0 saturated heterocycles. The molecule has 1 radical (unpaired) electrons. The van der Waals surface area contributed by atoms with Crippen LogP contribution in [0.5, 0.6) is 0 Å². The molecule has 0 aromatic rings. The number of nitrogens with zero attached hydrogens (tertiary/aromatic N) is 2. The van der Waals surface area contributed by atoms with Crippen LogP contribution in [0.3, 0.4) is 0 Å². The third-order valence-electron chi connectivity index (χ3n) is 1.38. The van der Waals surface area contributed by atoms with Gasteiger partial charge in [-0.1, -0.05) is 22.8 Å². The quantitative estimate of drug-likeness (QED) is 0.176. The summed E-state index contributed by atoms with van der Waals surface area (Å²) in [6, 6.07) is 0. The van der Waals surface area contributed by atoms with Crippen LogP contribution in [0.1, 0.15) is 0 Å². The number of alkyl halides is 1. The first-order chi connectivity index (χ1) is 5.73. The molecule has 0 bridgehead atoms. The lowest BCUT2D eigenvalue weighted by Crippen LogP contribution is -2.41. The predicted molar refractivity (Wildman–Crippen MR) is 44.7 cm³/mol. The summed E-state index contributed by atoms with van der Waals surface area (Å²) in [5.41, 5.74) is 0. The average Bonchev–Trinajstić information content (AvgIpc) is 2.10. The fourth-order valence-corrected chi connectivity index (χ4v) is 0.953. The fraction of sp³-hybridized carbons (Fsp3) is 0.286. The van der Waals surface area contributed by atoms with Crippen LogP contribution in [0, 0.1) is 6.08 Å². The number of hydrogen-bond donors (Lipinski definition) is 1. The van der Waals surface area contributed by atoms with Gasteiger partial charge in [0.2, 0.25) is 0 Å². The second kappa shape index (κ2) is 3.60. The van der Waals surface area contributed by atoms with E-state index in [-0.39, 0.29) is 0 Å². The van der Waals surface area contributed by atoms with Gasteiger partial charge in [0.05, 0.1) is 0 Å². The number of rotatable bonds is 2. The van der Waals surface area contributed by atoms with Gasteiger partial charge in [-0.2, -0.15) is 0 Å². The average molecular weight is 188 g/mol. The van der Waals surface area contributed by atoms with Gasteiger partial charge in [-0.15, -0.1) is 0 Å². The van der Waals surface area contributed by atoms with Gasteiger partial charge in [-0.05, 0) is 6.08 Å². The predicted octanol–water partition coefficient (Wildman–Crippen LogP) is 1.13. The third kappa shape index (κ3) is 1.60. The summed E-state index contributed by atoms with van der Waals surface area (Å²) >= 11 is 5.91. The third-order valence-corrected chi connectivity index (χ3v) is 1.84. The number of halogens is 1. The second-order valence-corrected chi connectivity index (χ2v) is 2.57. The van der Waals surface area contributed by atoms with Crippen molar-refractivity contribution in [2.45, 2.75) is 5.18 Å². The summed E-state index contributed by atoms with van der Waals surface area (Å²) < 4.78 is 4.94. The monoisotopic (exact) mass is 187 g/mol. The number of allylic oxidation sites excluding steroid dienone is 2. The number of methoxy groups -OCH3 is 1. The largest absolute Gasteiger partial charge is 0.410 e. The Hall–Kier alpha value is -1.00. The SMILES string of the molecule is COC1(Cl)[C]=CC=CN1C=NO. The molecule has 4 nitrogen and oxygen atoms in total. The summed E-state index contributed by atoms with van der Waals surface area (Å²) in [5.74, 6) is 0. The lowest BCUT2D eigenvalue weighted by Gasteiger charge is -2.31. The van der Waals surface area contributed by atoms with Gasteiger partial charge in [0, 0.05) is 19.4 Å². The molecule has 0 saturated carbocycles. The van der Waals surface area contributed by atoms with E-state index in [1.165, 1.54) is 12.0 Å². The summed E-state index contributed by atoms with van der Waals surface area (Å²) in [7, 11) is 1.44. The highest BCUT2D eigenvalue weighted by Gasteiger charge is 2.30. The first-order valence-corrected chi connectivity index (χ1v) is 3.58. The molecular weight excluding hydrogens is 180 g/mol. The van der Waals surface area contributed by atoms with Crippen molar-refractivity contribution in [1.82, 2.24) is 4.90 Å². The van der Waals surface area contributed by atoms with Gasteiger partial charge in [-0.3, -0.25) is 4.90 Å². The Kier molecular flexibility index (Phi) is 2.73. The molecule has 0 aromatic heterocycles. The number of hydrogen-bond acceptors (Lipinski definition) is 3. The first-order valence-electron chi connectivity index (χ1n) is 3.20.